The van der Waals surface area contributed by atoms with Gasteiger partial charge in [0.25, 0.3) is 0 Å². The van der Waals surface area contributed by atoms with Crippen molar-refractivity contribution in [1.82, 2.24) is 4.90 Å². The molecule has 1 aliphatic rings. The highest BCUT2D eigenvalue weighted by atomic mass is 16.5. The van der Waals surface area contributed by atoms with Crippen LogP contribution in [0.3, 0.4) is 0 Å². The Bertz CT molecular complexity index is 367. The zero-order valence-electron chi connectivity index (χ0n) is 9.30. The zero-order chi connectivity index (χ0) is 11.5. The molecule has 86 valence electrons. The molecule has 0 amide bonds. The molecular formula is C12H16N2O2. The van der Waals surface area contributed by atoms with E-state index in [0.717, 1.165) is 12.1 Å². The molecule has 1 heterocycles. The van der Waals surface area contributed by atoms with E-state index in [4.69, 9.17) is 10.5 Å². The molecule has 4 nitrogen and oxygen atoms in total. The predicted molar refractivity (Wildman–Crippen MR) is 60.7 cm³/mol. The van der Waals surface area contributed by atoms with Crippen molar-refractivity contribution in [1.29, 1.82) is 0 Å². The van der Waals surface area contributed by atoms with E-state index in [1.54, 1.807) is 0 Å². The fraction of sp³-hybridized carbons (Fsp3) is 0.417. The van der Waals surface area contributed by atoms with Gasteiger partial charge in [0.1, 0.15) is 6.04 Å². The largest absolute Gasteiger partial charge is 0.468 e. The van der Waals surface area contributed by atoms with Crippen molar-refractivity contribution in [2.24, 2.45) is 5.73 Å². The maximum atomic E-state index is 11.5. The van der Waals surface area contributed by atoms with Crippen LogP contribution in [0, 0.1) is 0 Å². The van der Waals surface area contributed by atoms with Crippen molar-refractivity contribution in [3.05, 3.63) is 35.9 Å². The average molecular weight is 220 g/mol. The van der Waals surface area contributed by atoms with Crippen LogP contribution in [0.4, 0.5) is 0 Å². The van der Waals surface area contributed by atoms with E-state index in [2.05, 4.69) is 4.90 Å². The van der Waals surface area contributed by atoms with Crippen LogP contribution in [-0.4, -0.2) is 37.1 Å². The molecule has 1 aromatic rings. The number of carbonyl (C=O) groups excluding carboxylic acids is 1. The molecular weight excluding hydrogens is 204 g/mol. The first-order valence-electron chi connectivity index (χ1n) is 5.38. The van der Waals surface area contributed by atoms with Gasteiger partial charge in [-0.05, 0) is 5.56 Å². The van der Waals surface area contributed by atoms with Gasteiger partial charge in [0.05, 0.1) is 13.2 Å². The number of rotatable bonds is 4. The molecule has 1 fully saturated rings. The van der Waals surface area contributed by atoms with Crippen molar-refractivity contribution in [2.45, 2.75) is 12.1 Å². The normalized spacial score (nSPS) is 27.5. The number of esters is 1. The maximum absolute atomic E-state index is 11.5. The zero-order valence-corrected chi connectivity index (χ0v) is 9.30. The van der Waals surface area contributed by atoms with Crippen LogP contribution in [0.25, 0.3) is 0 Å². The lowest BCUT2D eigenvalue weighted by molar-refractivity contribution is -0.140. The molecule has 0 aliphatic carbocycles. The van der Waals surface area contributed by atoms with Crippen molar-refractivity contribution >= 4 is 5.97 Å². The fourth-order valence-corrected chi connectivity index (χ4v) is 2.11. The molecule has 0 radical (unpaired) electrons. The second kappa shape index (κ2) is 4.63. The van der Waals surface area contributed by atoms with Gasteiger partial charge in [-0.1, -0.05) is 30.3 Å². The van der Waals surface area contributed by atoms with Gasteiger partial charge in [0, 0.05) is 13.1 Å². The van der Waals surface area contributed by atoms with E-state index in [1.165, 1.54) is 7.11 Å². The molecule has 1 aromatic carbocycles. The summed E-state index contributed by atoms with van der Waals surface area (Å²) in [6.45, 7) is 1.27. The molecule has 1 unspecified atom stereocenters. The number of hydrogen-bond acceptors (Lipinski definition) is 4. The minimum atomic E-state index is -0.178. The molecule has 2 rings (SSSR count). The van der Waals surface area contributed by atoms with Crippen molar-refractivity contribution in [2.75, 3.05) is 20.2 Å². The van der Waals surface area contributed by atoms with Gasteiger partial charge < -0.3 is 10.5 Å². The second-order valence-corrected chi connectivity index (χ2v) is 3.85. The van der Waals surface area contributed by atoms with E-state index in [9.17, 15) is 4.79 Å². The number of nitrogens with two attached hydrogens (primary N) is 1. The number of benzene rings is 1. The summed E-state index contributed by atoms with van der Waals surface area (Å²) < 4.78 is 4.78. The Kier molecular flexibility index (Phi) is 3.22. The maximum Gasteiger partial charge on any atom is 0.325 e. The summed E-state index contributed by atoms with van der Waals surface area (Å²) in [5, 5.41) is 0. The van der Waals surface area contributed by atoms with Gasteiger partial charge in [-0.25, -0.2) is 0 Å². The van der Waals surface area contributed by atoms with Crippen LogP contribution in [-0.2, 0) is 9.53 Å². The highest BCUT2D eigenvalue weighted by Crippen LogP contribution is 2.42. The smallest absolute Gasteiger partial charge is 0.325 e. The highest BCUT2D eigenvalue weighted by molar-refractivity contribution is 5.80. The summed E-state index contributed by atoms with van der Waals surface area (Å²) in [5.41, 5.74) is 6.66. The molecule has 2 N–H and O–H groups in total. The highest BCUT2D eigenvalue weighted by Gasteiger charge is 2.53. The van der Waals surface area contributed by atoms with E-state index >= 15 is 0 Å². The first-order valence-corrected chi connectivity index (χ1v) is 5.38. The second-order valence-electron chi connectivity index (χ2n) is 3.85. The lowest BCUT2D eigenvalue weighted by Gasteiger charge is -2.00. The van der Waals surface area contributed by atoms with Crippen LogP contribution in [0.2, 0.25) is 0 Å². The lowest BCUT2D eigenvalue weighted by atomic mass is 10.1. The standard InChI is InChI=1S/C12H16N2O2/c1-16-12(15)11-10(14(11)8-7-13)9-5-3-2-4-6-9/h2-6,10-11H,7-8,13H2,1H3/t10-,11-,14?/m0/s1. The number of methoxy groups -OCH3 is 1. The van der Waals surface area contributed by atoms with Gasteiger partial charge in [0.15, 0.2) is 0 Å². The van der Waals surface area contributed by atoms with Crippen LogP contribution in [0.15, 0.2) is 30.3 Å². The number of nitrogens with zero attached hydrogens (tertiary/aromatic N) is 1. The molecule has 0 spiro atoms. The average Bonchev–Trinajstić information content (AvgIpc) is 3.04. The molecule has 0 saturated carbocycles. The van der Waals surface area contributed by atoms with Crippen LogP contribution in [0.5, 0.6) is 0 Å². The Labute approximate surface area is 95.0 Å². The molecule has 3 atom stereocenters. The van der Waals surface area contributed by atoms with Gasteiger partial charge in [0.2, 0.25) is 0 Å². The fourth-order valence-electron chi connectivity index (χ4n) is 2.11. The molecule has 1 aliphatic heterocycles. The monoisotopic (exact) mass is 220 g/mol. The van der Waals surface area contributed by atoms with Crippen molar-refractivity contribution < 1.29 is 9.53 Å². The summed E-state index contributed by atoms with van der Waals surface area (Å²) in [6, 6.07) is 9.94. The first kappa shape index (κ1) is 11.1. The van der Waals surface area contributed by atoms with E-state index in [-0.39, 0.29) is 18.1 Å². The number of carbonyl (C=O) groups is 1. The third-order valence-corrected chi connectivity index (χ3v) is 2.90. The topological polar surface area (TPSA) is 55.3 Å². The van der Waals surface area contributed by atoms with Crippen LogP contribution < -0.4 is 5.73 Å². The Morgan fingerprint density at radius 2 is 2.12 bits per heavy atom. The van der Waals surface area contributed by atoms with Crippen molar-refractivity contribution in [3.8, 4) is 0 Å². The number of ether oxygens (including phenoxy) is 1. The van der Waals surface area contributed by atoms with E-state index in [1.807, 2.05) is 30.3 Å². The molecule has 16 heavy (non-hydrogen) atoms. The summed E-state index contributed by atoms with van der Waals surface area (Å²) in [4.78, 5) is 13.6. The molecule has 0 aromatic heterocycles. The van der Waals surface area contributed by atoms with Crippen LogP contribution in [0.1, 0.15) is 11.6 Å². The minimum absolute atomic E-state index is 0.136. The predicted octanol–water partition coefficient (Wildman–Crippen LogP) is 0.544. The minimum Gasteiger partial charge on any atom is -0.468 e. The van der Waals surface area contributed by atoms with Gasteiger partial charge in [-0.15, -0.1) is 0 Å². The first-order chi connectivity index (χ1) is 7.79. The van der Waals surface area contributed by atoms with E-state index in [0.29, 0.717) is 6.54 Å². The Morgan fingerprint density at radius 1 is 1.44 bits per heavy atom. The Morgan fingerprint density at radius 3 is 2.69 bits per heavy atom. The van der Waals surface area contributed by atoms with Gasteiger partial charge in [-0.2, -0.15) is 0 Å². The van der Waals surface area contributed by atoms with E-state index < -0.39 is 0 Å². The van der Waals surface area contributed by atoms with Crippen molar-refractivity contribution in [3.63, 3.8) is 0 Å². The summed E-state index contributed by atoms with van der Waals surface area (Å²) in [5.74, 6) is -0.178. The third-order valence-electron chi connectivity index (χ3n) is 2.90. The summed E-state index contributed by atoms with van der Waals surface area (Å²) >= 11 is 0. The van der Waals surface area contributed by atoms with Gasteiger partial charge in [-0.3, -0.25) is 9.69 Å². The molecule has 4 heteroatoms. The Hall–Kier alpha value is -1.39. The number of hydrogen-bond donors (Lipinski definition) is 1. The third kappa shape index (κ3) is 1.94. The lowest BCUT2D eigenvalue weighted by Crippen LogP contribution is -2.19. The van der Waals surface area contributed by atoms with Gasteiger partial charge >= 0.3 is 5.97 Å². The molecule has 1 saturated heterocycles. The molecule has 0 bridgehead atoms. The van der Waals surface area contributed by atoms with Crippen LogP contribution >= 0.6 is 0 Å². The summed E-state index contributed by atoms with van der Waals surface area (Å²) in [6.07, 6.45) is 0. The summed E-state index contributed by atoms with van der Waals surface area (Å²) in [7, 11) is 1.42. The quantitative estimate of drug-likeness (QED) is 0.594. The Balaban J connectivity index is 2.13. The SMILES string of the molecule is COC(=O)[C@@H]1[C@H](c2ccccc2)N1CCN.